The Balaban J connectivity index is 1.14. The average molecular weight is 435 g/mol. The number of piperidine rings is 1. The van der Waals surface area contributed by atoms with E-state index >= 15 is 0 Å². The molecule has 3 aliphatic heterocycles. The largest absolute Gasteiger partial charge is 0.352 e. The Morgan fingerprint density at radius 1 is 1.06 bits per heavy atom. The molecule has 174 valence electrons. The minimum absolute atomic E-state index is 0.00639. The van der Waals surface area contributed by atoms with E-state index in [0.717, 1.165) is 58.2 Å². The quantitative estimate of drug-likeness (QED) is 0.715. The van der Waals surface area contributed by atoms with Crippen LogP contribution in [0.5, 0.6) is 0 Å². The van der Waals surface area contributed by atoms with E-state index in [1.807, 2.05) is 0 Å². The van der Waals surface area contributed by atoms with Crippen molar-refractivity contribution >= 4 is 11.8 Å². The number of fused-ring (bicyclic) bond motifs is 2. The number of hydrogen-bond donors (Lipinski definition) is 2. The molecule has 0 aromatic heterocycles. The molecule has 0 bridgehead atoms. The molecular formula is C24H39FN4O2. The zero-order valence-corrected chi connectivity index (χ0v) is 18.9. The summed E-state index contributed by atoms with van der Waals surface area (Å²) in [7, 11) is 0. The smallest absolute Gasteiger partial charge is 0.237 e. The van der Waals surface area contributed by atoms with Crippen molar-refractivity contribution in [2.45, 2.75) is 108 Å². The third-order valence-electron chi connectivity index (χ3n) is 8.93. The van der Waals surface area contributed by atoms with Crippen molar-refractivity contribution < 1.29 is 14.0 Å². The van der Waals surface area contributed by atoms with Gasteiger partial charge in [0.25, 0.3) is 0 Å². The van der Waals surface area contributed by atoms with Gasteiger partial charge in [-0.15, -0.1) is 0 Å². The SMILES string of the molecule is CC1CCC(F)C2CC(C(=O)N[C@@H]3CCC[C@@H](N4CCN5C(=O)CCC[C@H]5C4)C3)NC12. The maximum absolute atomic E-state index is 14.4. The lowest BCUT2D eigenvalue weighted by atomic mass is 9.77. The second-order valence-corrected chi connectivity index (χ2v) is 10.9. The Morgan fingerprint density at radius 3 is 2.74 bits per heavy atom. The molecule has 5 aliphatic rings. The van der Waals surface area contributed by atoms with Crippen LogP contribution in [-0.4, -0.2) is 77.6 Å². The van der Waals surface area contributed by atoms with Crippen LogP contribution in [-0.2, 0) is 9.59 Å². The van der Waals surface area contributed by atoms with Crippen molar-refractivity contribution in [2.75, 3.05) is 19.6 Å². The van der Waals surface area contributed by atoms with Crippen molar-refractivity contribution in [1.82, 2.24) is 20.4 Å². The maximum atomic E-state index is 14.4. The zero-order chi connectivity index (χ0) is 21.5. The number of amides is 2. The molecule has 2 aliphatic carbocycles. The number of halogens is 1. The second-order valence-electron chi connectivity index (χ2n) is 10.9. The van der Waals surface area contributed by atoms with E-state index in [1.165, 1.54) is 6.42 Å². The molecule has 0 aromatic carbocycles. The first-order chi connectivity index (χ1) is 15.0. The number of rotatable bonds is 3. The summed E-state index contributed by atoms with van der Waals surface area (Å²) in [5, 5.41) is 6.79. The van der Waals surface area contributed by atoms with Gasteiger partial charge in [0, 0.05) is 56.1 Å². The third-order valence-corrected chi connectivity index (χ3v) is 8.93. The topological polar surface area (TPSA) is 64.7 Å². The second kappa shape index (κ2) is 8.97. The molecule has 31 heavy (non-hydrogen) atoms. The zero-order valence-electron chi connectivity index (χ0n) is 18.9. The van der Waals surface area contributed by atoms with Gasteiger partial charge in [-0.25, -0.2) is 4.39 Å². The fraction of sp³-hybridized carbons (Fsp3) is 0.917. The lowest BCUT2D eigenvalue weighted by Gasteiger charge is -2.48. The van der Waals surface area contributed by atoms with Crippen molar-refractivity contribution in [1.29, 1.82) is 0 Å². The average Bonchev–Trinajstić information content (AvgIpc) is 3.24. The van der Waals surface area contributed by atoms with Gasteiger partial charge in [-0.2, -0.15) is 0 Å². The fourth-order valence-electron chi connectivity index (χ4n) is 7.15. The molecule has 5 unspecified atom stereocenters. The van der Waals surface area contributed by atoms with Gasteiger partial charge < -0.3 is 15.5 Å². The highest BCUT2D eigenvalue weighted by atomic mass is 19.1. The molecule has 2 amide bonds. The Kier molecular flexibility index (Phi) is 6.26. The van der Waals surface area contributed by atoms with Gasteiger partial charge in [0.1, 0.15) is 6.17 Å². The molecule has 5 rings (SSSR count). The molecule has 3 heterocycles. The molecule has 2 N–H and O–H groups in total. The van der Waals surface area contributed by atoms with Gasteiger partial charge in [-0.3, -0.25) is 14.5 Å². The van der Waals surface area contributed by atoms with E-state index in [4.69, 9.17) is 0 Å². The molecule has 6 nitrogen and oxygen atoms in total. The molecule has 3 saturated heterocycles. The molecule has 0 radical (unpaired) electrons. The number of alkyl halides is 1. The number of carbonyl (C=O) groups excluding carboxylic acids is 2. The Hall–Kier alpha value is -1.21. The number of carbonyl (C=O) groups is 2. The minimum atomic E-state index is -0.768. The molecule has 0 spiro atoms. The van der Waals surface area contributed by atoms with Crippen LogP contribution >= 0.6 is 0 Å². The highest BCUT2D eigenvalue weighted by Gasteiger charge is 2.46. The predicted octanol–water partition coefficient (Wildman–Crippen LogP) is 2.23. The first kappa shape index (κ1) is 21.6. The van der Waals surface area contributed by atoms with Crippen LogP contribution in [0.15, 0.2) is 0 Å². The van der Waals surface area contributed by atoms with E-state index < -0.39 is 6.17 Å². The number of hydrogen-bond acceptors (Lipinski definition) is 4. The summed E-state index contributed by atoms with van der Waals surface area (Å²) >= 11 is 0. The number of nitrogens with one attached hydrogen (secondary N) is 2. The van der Waals surface area contributed by atoms with E-state index in [2.05, 4.69) is 27.4 Å². The summed E-state index contributed by atoms with van der Waals surface area (Å²) in [5.41, 5.74) is 0. The van der Waals surface area contributed by atoms with E-state index in [1.54, 1.807) is 0 Å². The van der Waals surface area contributed by atoms with Crippen LogP contribution in [0.2, 0.25) is 0 Å². The first-order valence-electron chi connectivity index (χ1n) is 12.7. The van der Waals surface area contributed by atoms with Crippen LogP contribution in [0.3, 0.4) is 0 Å². The van der Waals surface area contributed by atoms with Crippen LogP contribution in [0, 0.1) is 11.8 Å². The van der Waals surface area contributed by atoms with Gasteiger partial charge in [-0.1, -0.05) is 6.92 Å². The van der Waals surface area contributed by atoms with Gasteiger partial charge >= 0.3 is 0 Å². The molecule has 2 saturated carbocycles. The number of piperazine rings is 1. The summed E-state index contributed by atoms with van der Waals surface area (Å²) in [6, 6.07) is 0.985. The van der Waals surface area contributed by atoms with Gasteiger partial charge in [0.15, 0.2) is 0 Å². The van der Waals surface area contributed by atoms with Crippen LogP contribution < -0.4 is 10.6 Å². The van der Waals surface area contributed by atoms with Crippen molar-refractivity contribution in [3.05, 3.63) is 0 Å². The van der Waals surface area contributed by atoms with Crippen LogP contribution in [0.1, 0.15) is 71.1 Å². The molecular weight excluding hydrogens is 395 g/mol. The van der Waals surface area contributed by atoms with Gasteiger partial charge in [-0.05, 0) is 63.7 Å². The molecule has 0 aromatic rings. The van der Waals surface area contributed by atoms with E-state index in [-0.39, 0.29) is 30.0 Å². The first-order valence-corrected chi connectivity index (χ1v) is 12.7. The monoisotopic (exact) mass is 434 g/mol. The minimum Gasteiger partial charge on any atom is -0.352 e. The van der Waals surface area contributed by atoms with Crippen molar-refractivity contribution in [3.63, 3.8) is 0 Å². The summed E-state index contributed by atoms with van der Waals surface area (Å²) in [4.78, 5) is 29.9. The fourth-order valence-corrected chi connectivity index (χ4v) is 7.15. The standard InChI is InChI=1S/C24H39FN4O2/c1-15-8-9-20(25)19-13-21(27-23(15)19)24(31)26-16-4-2-5-17(12-16)28-10-11-29-18(14-28)6-3-7-22(29)30/h15-21,23,27H,2-14H2,1H3,(H,26,31)/t15?,16-,17-,18+,19?,20?,21?,23?/m1/s1. The molecule has 5 fully saturated rings. The Bertz CT molecular complexity index is 672. The number of nitrogens with zero attached hydrogens (tertiary/aromatic N) is 2. The van der Waals surface area contributed by atoms with Gasteiger partial charge in [0.2, 0.25) is 11.8 Å². The van der Waals surface area contributed by atoms with Crippen molar-refractivity contribution in [3.8, 4) is 0 Å². The Labute approximate surface area is 185 Å². The lowest BCUT2D eigenvalue weighted by molar-refractivity contribution is -0.140. The maximum Gasteiger partial charge on any atom is 0.237 e. The summed E-state index contributed by atoms with van der Waals surface area (Å²) in [5.74, 6) is 0.841. The van der Waals surface area contributed by atoms with Crippen LogP contribution in [0.25, 0.3) is 0 Å². The lowest BCUT2D eigenvalue weighted by Crippen LogP contribution is -2.60. The van der Waals surface area contributed by atoms with E-state index in [9.17, 15) is 14.0 Å². The summed E-state index contributed by atoms with van der Waals surface area (Å²) < 4.78 is 14.4. The third kappa shape index (κ3) is 4.37. The van der Waals surface area contributed by atoms with E-state index in [0.29, 0.717) is 43.2 Å². The van der Waals surface area contributed by atoms with Crippen molar-refractivity contribution in [2.24, 2.45) is 11.8 Å². The summed E-state index contributed by atoms with van der Waals surface area (Å²) in [6.07, 6.45) is 8.62. The molecule has 8 atom stereocenters. The highest BCUT2D eigenvalue weighted by Crippen LogP contribution is 2.38. The Morgan fingerprint density at radius 2 is 1.90 bits per heavy atom. The normalized spacial score (nSPS) is 43.9. The highest BCUT2D eigenvalue weighted by molar-refractivity contribution is 5.82. The summed E-state index contributed by atoms with van der Waals surface area (Å²) in [6.45, 7) is 4.98. The molecule has 7 heteroatoms. The predicted molar refractivity (Wildman–Crippen MR) is 117 cm³/mol. The van der Waals surface area contributed by atoms with Gasteiger partial charge in [0.05, 0.1) is 6.04 Å². The van der Waals surface area contributed by atoms with Crippen LogP contribution in [0.4, 0.5) is 4.39 Å².